The highest BCUT2D eigenvalue weighted by Gasteiger charge is 2.16. The molecule has 1 aromatic heterocycles. The SMILES string of the molecule is O=[N+]([O-])c1ccc(CCO)c(-c2cnc3c(c2)NCCO3)c1. The van der Waals surface area contributed by atoms with Crippen molar-refractivity contribution in [2.75, 3.05) is 25.1 Å². The van der Waals surface area contributed by atoms with Gasteiger partial charge in [-0.05, 0) is 23.6 Å². The van der Waals surface area contributed by atoms with E-state index in [-0.39, 0.29) is 12.3 Å². The second-order valence-corrected chi connectivity index (χ2v) is 4.92. The van der Waals surface area contributed by atoms with Gasteiger partial charge in [-0.2, -0.15) is 0 Å². The summed E-state index contributed by atoms with van der Waals surface area (Å²) < 4.78 is 5.43. The smallest absolute Gasteiger partial charge is 0.270 e. The van der Waals surface area contributed by atoms with Crippen LogP contribution in [0.3, 0.4) is 0 Å². The summed E-state index contributed by atoms with van der Waals surface area (Å²) in [6, 6.07) is 6.49. The van der Waals surface area contributed by atoms with Crippen LogP contribution in [0.25, 0.3) is 11.1 Å². The molecule has 0 radical (unpaired) electrons. The van der Waals surface area contributed by atoms with Crippen LogP contribution in [0.1, 0.15) is 5.56 Å². The number of aliphatic hydroxyl groups excluding tert-OH is 1. The molecule has 1 aliphatic rings. The van der Waals surface area contributed by atoms with Gasteiger partial charge < -0.3 is 15.2 Å². The lowest BCUT2D eigenvalue weighted by Gasteiger charge is -2.19. The number of fused-ring (bicyclic) bond motifs is 1. The second kappa shape index (κ2) is 5.98. The summed E-state index contributed by atoms with van der Waals surface area (Å²) in [5, 5.41) is 23.4. The fourth-order valence-electron chi connectivity index (χ4n) is 2.46. The molecule has 0 unspecified atom stereocenters. The minimum absolute atomic E-state index is 0.0126. The molecule has 0 aliphatic carbocycles. The van der Waals surface area contributed by atoms with Crippen molar-refractivity contribution < 1.29 is 14.8 Å². The Morgan fingerprint density at radius 3 is 3.05 bits per heavy atom. The molecular formula is C15H15N3O4. The van der Waals surface area contributed by atoms with E-state index in [4.69, 9.17) is 4.74 Å². The number of nitro groups is 1. The van der Waals surface area contributed by atoms with Crippen LogP contribution in [-0.4, -0.2) is 34.8 Å². The number of hydrogen-bond acceptors (Lipinski definition) is 6. The number of nitro benzene ring substituents is 1. The predicted molar refractivity (Wildman–Crippen MR) is 81.1 cm³/mol. The first-order valence-electron chi connectivity index (χ1n) is 6.94. The lowest BCUT2D eigenvalue weighted by Crippen LogP contribution is -2.18. The summed E-state index contributed by atoms with van der Waals surface area (Å²) in [5.74, 6) is 0.532. The van der Waals surface area contributed by atoms with Gasteiger partial charge in [0.1, 0.15) is 6.61 Å². The molecule has 0 atom stereocenters. The van der Waals surface area contributed by atoms with Gasteiger partial charge in [0.05, 0.1) is 10.6 Å². The highest BCUT2D eigenvalue weighted by Crippen LogP contribution is 2.33. The van der Waals surface area contributed by atoms with Crippen molar-refractivity contribution in [1.82, 2.24) is 4.98 Å². The maximum atomic E-state index is 11.0. The van der Waals surface area contributed by atoms with Gasteiger partial charge in [0.15, 0.2) is 0 Å². The fraction of sp³-hybridized carbons (Fsp3) is 0.267. The van der Waals surface area contributed by atoms with Crippen molar-refractivity contribution in [3.63, 3.8) is 0 Å². The van der Waals surface area contributed by atoms with Crippen molar-refractivity contribution in [1.29, 1.82) is 0 Å². The third-order valence-electron chi connectivity index (χ3n) is 3.50. The molecular weight excluding hydrogens is 286 g/mol. The summed E-state index contributed by atoms with van der Waals surface area (Å²) in [4.78, 5) is 14.8. The number of hydrogen-bond donors (Lipinski definition) is 2. The molecule has 0 amide bonds. The van der Waals surface area contributed by atoms with Crippen LogP contribution < -0.4 is 10.1 Å². The van der Waals surface area contributed by atoms with Crippen molar-refractivity contribution in [2.24, 2.45) is 0 Å². The fourth-order valence-corrected chi connectivity index (χ4v) is 2.46. The number of benzene rings is 1. The third-order valence-corrected chi connectivity index (χ3v) is 3.50. The van der Waals surface area contributed by atoms with Crippen LogP contribution >= 0.6 is 0 Å². The maximum absolute atomic E-state index is 11.0. The van der Waals surface area contributed by atoms with Crippen molar-refractivity contribution >= 4 is 11.4 Å². The number of nitrogens with zero attached hydrogens (tertiary/aromatic N) is 2. The van der Waals surface area contributed by atoms with Gasteiger partial charge in [-0.1, -0.05) is 6.07 Å². The Kier molecular flexibility index (Phi) is 3.88. The van der Waals surface area contributed by atoms with E-state index in [2.05, 4.69) is 10.3 Å². The average molecular weight is 301 g/mol. The largest absolute Gasteiger partial charge is 0.474 e. The maximum Gasteiger partial charge on any atom is 0.270 e. The van der Waals surface area contributed by atoms with Crippen LogP contribution in [0.5, 0.6) is 5.88 Å². The summed E-state index contributed by atoms with van der Waals surface area (Å²) in [7, 11) is 0. The molecule has 0 bridgehead atoms. The molecule has 0 saturated heterocycles. The Balaban J connectivity index is 2.08. The molecule has 2 N–H and O–H groups in total. The number of nitrogens with one attached hydrogen (secondary N) is 1. The van der Waals surface area contributed by atoms with Gasteiger partial charge in [-0.15, -0.1) is 0 Å². The van der Waals surface area contributed by atoms with Crippen molar-refractivity contribution in [2.45, 2.75) is 6.42 Å². The van der Waals surface area contributed by atoms with E-state index >= 15 is 0 Å². The molecule has 1 aromatic carbocycles. The molecule has 3 rings (SSSR count). The van der Waals surface area contributed by atoms with Gasteiger partial charge in [0, 0.05) is 37.0 Å². The van der Waals surface area contributed by atoms with Gasteiger partial charge in [-0.3, -0.25) is 10.1 Å². The molecule has 0 saturated carbocycles. The highest BCUT2D eigenvalue weighted by molar-refractivity contribution is 5.74. The van der Waals surface area contributed by atoms with E-state index in [1.165, 1.54) is 12.1 Å². The Bertz CT molecular complexity index is 718. The average Bonchev–Trinajstić information content (AvgIpc) is 2.55. The van der Waals surface area contributed by atoms with E-state index in [1.807, 2.05) is 6.07 Å². The normalized spacial score (nSPS) is 13.0. The van der Waals surface area contributed by atoms with Crippen molar-refractivity contribution in [3.05, 3.63) is 46.1 Å². The number of ether oxygens (including phenoxy) is 1. The monoisotopic (exact) mass is 301 g/mol. The Morgan fingerprint density at radius 2 is 2.27 bits per heavy atom. The van der Waals surface area contributed by atoms with Gasteiger partial charge in [0.2, 0.25) is 5.88 Å². The molecule has 7 heteroatoms. The number of non-ortho nitro benzene ring substituents is 1. The first kappa shape index (κ1) is 14.3. The number of anilines is 1. The minimum Gasteiger partial charge on any atom is -0.474 e. The molecule has 0 fully saturated rings. The molecule has 0 spiro atoms. The zero-order valence-electron chi connectivity index (χ0n) is 11.8. The number of aliphatic hydroxyl groups is 1. The van der Waals surface area contributed by atoms with Crippen LogP contribution in [0.2, 0.25) is 0 Å². The molecule has 22 heavy (non-hydrogen) atoms. The zero-order chi connectivity index (χ0) is 15.5. The lowest BCUT2D eigenvalue weighted by molar-refractivity contribution is -0.384. The summed E-state index contributed by atoms with van der Waals surface area (Å²) >= 11 is 0. The lowest BCUT2D eigenvalue weighted by atomic mass is 9.98. The molecule has 1 aliphatic heterocycles. The van der Waals surface area contributed by atoms with Crippen LogP contribution in [-0.2, 0) is 6.42 Å². The zero-order valence-corrected chi connectivity index (χ0v) is 11.8. The third kappa shape index (κ3) is 2.71. The van der Waals surface area contributed by atoms with E-state index in [9.17, 15) is 15.2 Å². The highest BCUT2D eigenvalue weighted by atomic mass is 16.6. The quantitative estimate of drug-likeness (QED) is 0.662. The summed E-state index contributed by atoms with van der Waals surface area (Å²) in [5.41, 5.74) is 3.07. The minimum atomic E-state index is -0.431. The van der Waals surface area contributed by atoms with Gasteiger partial charge in [0.25, 0.3) is 5.69 Å². The molecule has 7 nitrogen and oxygen atoms in total. The number of rotatable bonds is 4. The molecule has 2 heterocycles. The topological polar surface area (TPSA) is 97.5 Å². The van der Waals surface area contributed by atoms with Crippen LogP contribution in [0, 0.1) is 10.1 Å². The van der Waals surface area contributed by atoms with Crippen LogP contribution in [0.15, 0.2) is 30.5 Å². The van der Waals surface area contributed by atoms with Gasteiger partial charge in [-0.25, -0.2) is 4.98 Å². The van der Waals surface area contributed by atoms with E-state index in [0.717, 1.165) is 16.8 Å². The van der Waals surface area contributed by atoms with Gasteiger partial charge >= 0.3 is 0 Å². The summed E-state index contributed by atoms with van der Waals surface area (Å²) in [6.45, 7) is 1.23. The van der Waals surface area contributed by atoms with E-state index < -0.39 is 4.92 Å². The van der Waals surface area contributed by atoms with Crippen LogP contribution in [0.4, 0.5) is 11.4 Å². The first-order chi connectivity index (χ1) is 10.7. The standard InChI is InChI=1S/C15H15N3O4/c19-5-3-10-1-2-12(18(20)21)8-13(10)11-7-14-15(17-9-11)22-6-4-16-14/h1-2,7-9,16,19H,3-6H2. The van der Waals surface area contributed by atoms with Crippen molar-refractivity contribution in [3.8, 4) is 17.0 Å². The Morgan fingerprint density at radius 1 is 1.41 bits per heavy atom. The first-order valence-corrected chi connectivity index (χ1v) is 6.94. The Labute approximate surface area is 126 Å². The van der Waals surface area contributed by atoms with E-state index in [1.54, 1.807) is 12.3 Å². The van der Waals surface area contributed by atoms with E-state index in [0.29, 0.717) is 31.0 Å². The number of pyridine rings is 1. The Hall–Kier alpha value is -2.67. The second-order valence-electron chi connectivity index (χ2n) is 4.92. The molecule has 2 aromatic rings. The molecule has 114 valence electrons. The predicted octanol–water partition coefficient (Wildman–Crippen LogP) is 2.00. The summed E-state index contributed by atoms with van der Waals surface area (Å²) in [6.07, 6.45) is 2.06. The number of aromatic nitrogens is 1.